The lowest BCUT2D eigenvalue weighted by Gasteiger charge is -2.09. The van der Waals surface area contributed by atoms with Crippen LogP contribution in [-0.2, 0) is 11.3 Å². The summed E-state index contributed by atoms with van der Waals surface area (Å²) in [5, 5.41) is 6.75. The van der Waals surface area contributed by atoms with Crippen molar-refractivity contribution >= 4 is 11.6 Å². The lowest BCUT2D eigenvalue weighted by Crippen LogP contribution is -2.29. The Morgan fingerprint density at radius 3 is 2.64 bits per heavy atom. The smallest absolute Gasteiger partial charge is 0.267 e. The van der Waals surface area contributed by atoms with Gasteiger partial charge < -0.3 is 5.32 Å². The molecule has 1 amide bonds. The summed E-state index contributed by atoms with van der Waals surface area (Å²) in [6.45, 7) is 1.36. The molecule has 3 aromatic rings. The molecule has 0 spiro atoms. The van der Waals surface area contributed by atoms with Gasteiger partial charge in [-0.25, -0.2) is 9.07 Å². The SMILES string of the molecule is Cc1ccc(NC(=O)Cn2nc(-c3ccncc3)ccc2=O)cc1F. The van der Waals surface area contributed by atoms with Crippen LogP contribution in [0.1, 0.15) is 5.56 Å². The second-order valence-corrected chi connectivity index (χ2v) is 5.46. The highest BCUT2D eigenvalue weighted by atomic mass is 19.1. The molecule has 0 aliphatic heterocycles. The predicted octanol–water partition coefficient (Wildman–Crippen LogP) is 2.39. The minimum atomic E-state index is -0.468. The van der Waals surface area contributed by atoms with E-state index in [2.05, 4.69) is 15.4 Å². The van der Waals surface area contributed by atoms with Gasteiger partial charge in [-0.3, -0.25) is 14.6 Å². The molecular weight excluding hydrogens is 323 g/mol. The van der Waals surface area contributed by atoms with E-state index >= 15 is 0 Å². The molecule has 0 aliphatic carbocycles. The third-order valence-corrected chi connectivity index (χ3v) is 3.59. The Balaban J connectivity index is 1.79. The molecule has 2 aromatic heterocycles. The summed E-state index contributed by atoms with van der Waals surface area (Å²) < 4.78 is 14.6. The van der Waals surface area contributed by atoms with E-state index < -0.39 is 17.3 Å². The number of aromatic nitrogens is 3. The number of aryl methyl sites for hydroxylation is 1. The molecule has 0 atom stereocenters. The fraction of sp³-hybridized carbons (Fsp3) is 0.111. The molecule has 25 heavy (non-hydrogen) atoms. The number of amides is 1. The molecule has 0 saturated heterocycles. The van der Waals surface area contributed by atoms with Crippen molar-refractivity contribution in [3.05, 3.63) is 76.6 Å². The monoisotopic (exact) mass is 338 g/mol. The van der Waals surface area contributed by atoms with Crippen LogP contribution in [0.2, 0.25) is 0 Å². The van der Waals surface area contributed by atoms with Gasteiger partial charge in [0.05, 0.1) is 5.69 Å². The van der Waals surface area contributed by atoms with Crippen LogP contribution in [-0.4, -0.2) is 20.7 Å². The Hall–Kier alpha value is -3.35. The molecule has 0 bridgehead atoms. The minimum absolute atomic E-state index is 0.271. The van der Waals surface area contributed by atoms with E-state index in [0.717, 1.165) is 10.2 Å². The van der Waals surface area contributed by atoms with E-state index in [0.29, 0.717) is 16.9 Å². The van der Waals surface area contributed by atoms with Crippen molar-refractivity contribution in [3.8, 4) is 11.3 Å². The Labute approximate surface area is 143 Å². The van der Waals surface area contributed by atoms with Crippen molar-refractivity contribution in [1.29, 1.82) is 0 Å². The Kier molecular flexibility index (Phi) is 4.65. The predicted molar refractivity (Wildman–Crippen MR) is 91.5 cm³/mol. The second kappa shape index (κ2) is 7.04. The number of nitrogens with zero attached hydrogens (tertiary/aromatic N) is 3. The van der Waals surface area contributed by atoms with Gasteiger partial charge in [0.2, 0.25) is 5.91 Å². The van der Waals surface area contributed by atoms with E-state index in [1.165, 1.54) is 12.1 Å². The number of carbonyl (C=O) groups is 1. The van der Waals surface area contributed by atoms with Crippen LogP contribution in [0.5, 0.6) is 0 Å². The van der Waals surface area contributed by atoms with Gasteiger partial charge in [-0.2, -0.15) is 5.10 Å². The average Bonchev–Trinajstić information content (AvgIpc) is 2.61. The zero-order chi connectivity index (χ0) is 17.8. The number of pyridine rings is 1. The van der Waals surface area contributed by atoms with Crippen molar-refractivity contribution in [2.24, 2.45) is 0 Å². The molecular formula is C18H15FN4O2. The summed E-state index contributed by atoms with van der Waals surface area (Å²) >= 11 is 0. The van der Waals surface area contributed by atoms with Crippen molar-refractivity contribution in [3.63, 3.8) is 0 Å². The van der Waals surface area contributed by atoms with Crippen molar-refractivity contribution < 1.29 is 9.18 Å². The summed E-state index contributed by atoms with van der Waals surface area (Å²) in [4.78, 5) is 28.0. The van der Waals surface area contributed by atoms with Crippen molar-refractivity contribution in [2.45, 2.75) is 13.5 Å². The van der Waals surface area contributed by atoms with E-state index in [1.54, 1.807) is 49.6 Å². The molecule has 1 aromatic carbocycles. The van der Waals surface area contributed by atoms with E-state index in [4.69, 9.17) is 0 Å². The molecule has 0 saturated carbocycles. The van der Waals surface area contributed by atoms with Gasteiger partial charge in [0.15, 0.2) is 0 Å². The maximum atomic E-state index is 13.5. The summed E-state index contributed by atoms with van der Waals surface area (Å²) in [6, 6.07) is 10.8. The van der Waals surface area contributed by atoms with E-state index in [1.807, 2.05) is 0 Å². The number of rotatable bonds is 4. The number of nitrogens with one attached hydrogen (secondary N) is 1. The van der Waals surface area contributed by atoms with Crippen LogP contribution >= 0.6 is 0 Å². The van der Waals surface area contributed by atoms with Crippen molar-refractivity contribution in [2.75, 3.05) is 5.32 Å². The minimum Gasteiger partial charge on any atom is -0.324 e. The number of anilines is 1. The summed E-state index contributed by atoms with van der Waals surface area (Å²) in [5.41, 5.74) is 1.75. The summed E-state index contributed by atoms with van der Waals surface area (Å²) in [6.07, 6.45) is 3.23. The molecule has 0 fully saturated rings. The van der Waals surface area contributed by atoms with Crippen molar-refractivity contribution in [1.82, 2.24) is 14.8 Å². The first kappa shape index (κ1) is 16.5. The van der Waals surface area contributed by atoms with Gasteiger partial charge in [0, 0.05) is 29.7 Å². The van der Waals surface area contributed by atoms with Crippen LogP contribution in [0.25, 0.3) is 11.3 Å². The maximum absolute atomic E-state index is 13.5. The summed E-state index contributed by atoms with van der Waals surface area (Å²) in [5.74, 6) is -0.877. The topological polar surface area (TPSA) is 76.9 Å². The fourth-order valence-corrected chi connectivity index (χ4v) is 2.25. The molecule has 126 valence electrons. The highest BCUT2D eigenvalue weighted by Crippen LogP contribution is 2.14. The standard InChI is InChI=1S/C18H15FN4O2/c1-12-2-3-14(10-15(12)19)21-17(24)11-23-18(25)5-4-16(22-23)13-6-8-20-9-7-13/h2-10H,11H2,1H3,(H,21,24). The zero-order valence-corrected chi connectivity index (χ0v) is 13.4. The zero-order valence-electron chi connectivity index (χ0n) is 13.4. The number of halogens is 1. The molecule has 0 aliphatic rings. The molecule has 2 heterocycles. The van der Waals surface area contributed by atoms with Gasteiger partial charge >= 0.3 is 0 Å². The Bertz CT molecular complexity index is 970. The summed E-state index contributed by atoms with van der Waals surface area (Å²) in [7, 11) is 0. The number of benzene rings is 1. The van der Waals surface area contributed by atoms with Crippen LogP contribution in [0.3, 0.4) is 0 Å². The van der Waals surface area contributed by atoms with Gasteiger partial charge in [-0.05, 0) is 42.8 Å². The average molecular weight is 338 g/mol. The molecule has 7 heteroatoms. The van der Waals surface area contributed by atoms with Crippen LogP contribution < -0.4 is 10.9 Å². The van der Waals surface area contributed by atoms with Gasteiger partial charge in [-0.1, -0.05) is 6.07 Å². The van der Waals surface area contributed by atoms with Gasteiger partial charge in [0.25, 0.3) is 5.56 Å². The largest absolute Gasteiger partial charge is 0.324 e. The lowest BCUT2D eigenvalue weighted by molar-refractivity contribution is -0.117. The number of carbonyl (C=O) groups excluding carboxylic acids is 1. The van der Waals surface area contributed by atoms with Crippen LogP contribution in [0.4, 0.5) is 10.1 Å². The molecule has 0 radical (unpaired) electrons. The number of hydrogen-bond acceptors (Lipinski definition) is 4. The first-order chi connectivity index (χ1) is 12.0. The quantitative estimate of drug-likeness (QED) is 0.792. The Morgan fingerprint density at radius 1 is 1.16 bits per heavy atom. The molecule has 1 N–H and O–H groups in total. The normalized spacial score (nSPS) is 10.5. The van der Waals surface area contributed by atoms with Crippen LogP contribution in [0.15, 0.2) is 59.7 Å². The third-order valence-electron chi connectivity index (χ3n) is 3.59. The number of hydrogen-bond donors (Lipinski definition) is 1. The van der Waals surface area contributed by atoms with E-state index in [-0.39, 0.29) is 6.54 Å². The third kappa shape index (κ3) is 3.95. The Morgan fingerprint density at radius 2 is 1.92 bits per heavy atom. The highest BCUT2D eigenvalue weighted by Gasteiger charge is 2.09. The molecule has 6 nitrogen and oxygen atoms in total. The fourth-order valence-electron chi connectivity index (χ4n) is 2.25. The first-order valence-electron chi connectivity index (χ1n) is 7.57. The highest BCUT2D eigenvalue weighted by molar-refractivity contribution is 5.90. The first-order valence-corrected chi connectivity index (χ1v) is 7.57. The molecule has 0 unspecified atom stereocenters. The second-order valence-electron chi connectivity index (χ2n) is 5.46. The van der Waals surface area contributed by atoms with Gasteiger partial charge in [-0.15, -0.1) is 0 Å². The van der Waals surface area contributed by atoms with E-state index in [9.17, 15) is 14.0 Å². The molecule has 3 rings (SSSR count). The van der Waals surface area contributed by atoms with Crippen LogP contribution in [0, 0.1) is 12.7 Å². The maximum Gasteiger partial charge on any atom is 0.267 e. The van der Waals surface area contributed by atoms with Gasteiger partial charge in [0.1, 0.15) is 12.4 Å². The lowest BCUT2D eigenvalue weighted by atomic mass is 10.2.